The molecule has 0 unspecified atom stereocenters. The van der Waals surface area contributed by atoms with Crippen molar-refractivity contribution >= 4 is 35.0 Å². The molecule has 0 radical (unpaired) electrons. The average molecular weight is 452 g/mol. The van der Waals surface area contributed by atoms with Crippen molar-refractivity contribution in [2.45, 2.75) is 16.8 Å². The van der Waals surface area contributed by atoms with Crippen molar-refractivity contribution in [1.29, 1.82) is 0 Å². The first-order valence-electron chi connectivity index (χ1n) is 9.83. The number of methoxy groups -OCH3 is 1. The maximum atomic E-state index is 13.0. The first-order valence-corrected chi connectivity index (χ1v) is 10.6. The molecule has 0 saturated carbocycles. The van der Waals surface area contributed by atoms with Crippen molar-refractivity contribution in [3.63, 3.8) is 0 Å². The topological polar surface area (TPSA) is 98.8 Å². The van der Waals surface area contributed by atoms with Gasteiger partial charge in [-0.25, -0.2) is 4.98 Å². The molecular weight excluding hydrogens is 430 g/mol. The number of anilines is 2. The summed E-state index contributed by atoms with van der Waals surface area (Å²) in [4.78, 5) is 29.7. The quantitative estimate of drug-likeness (QED) is 0.579. The molecule has 2 heterocycles. The zero-order chi connectivity index (χ0) is 22.5. The van der Waals surface area contributed by atoms with Gasteiger partial charge in [-0.3, -0.25) is 9.59 Å². The number of carbonyl (C=O) groups excluding carboxylic acids is 2. The van der Waals surface area contributed by atoms with Gasteiger partial charge < -0.3 is 24.8 Å². The first kappa shape index (κ1) is 21.5. The monoisotopic (exact) mass is 451 g/mol. The number of aromatic nitrogens is 1. The van der Waals surface area contributed by atoms with Crippen molar-refractivity contribution in [3.05, 3.63) is 60.3 Å². The number of fused-ring (bicyclic) bond motifs is 1. The zero-order valence-electron chi connectivity index (χ0n) is 17.5. The number of hydrogen-bond donors (Lipinski definition) is 2. The summed E-state index contributed by atoms with van der Waals surface area (Å²) in [6.45, 7) is 2.43. The van der Waals surface area contributed by atoms with Crippen molar-refractivity contribution in [1.82, 2.24) is 4.98 Å². The molecular formula is C23H21N3O5S. The SMILES string of the molecule is COc1ccc(NC(=O)c2cccnc2Sc2ccc3c(c2)OCCO3)cc1NC(C)=O. The van der Waals surface area contributed by atoms with Crippen LogP contribution in [0, 0.1) is 0 Å². The van der Waals surface area contributed by atoms with E-state index in [0.717, 1.165) is 4.90 Å². The van der Waals surface area contributed by atoms with Crippen molar-refractivity contribution in [2.75, 3.05) is 31.0 Å². The number of hydrogen-bond acceptors (Lipinski definition) is 7. The lowest BCUT2D eigenvalue weighted by molar-refractivity contribution is -0.114. The summed E-state index contributed by atoms with van der Waals surface area (Å²) in [5.74, 6) is 1.31. The van der Waals surface area contributed by atoms with Gasteiger partial charge in [0.2, 0.25) is 5.91 Å². The van der Waals surface area contributed by atoms with Gasteiger partial charge in [0.25, 0.3) is 5.91 Å². The van der Waals surface area contributed by atoms with Crippen LogP contribution in [0.25, 0.3) is 0 Å². The Morgan fingerprint density at radius 3 is 2.62 bits per heavy atom. The number of amides is 2. The summed E-state index contributed by atoms with van der Waals surface area (Å²) in [7, 11) is 1.51. The van der Waals surface area contributed by atoms with Gasteiger partial charge in [0.05, 0.1) is 18.4 Å². The number of pyridine rings is 1. The summed E-state index contributed by atoms with van der Waals surface area (Å²) in [6.07, 6.45) is 1.64. The van der Waals surface area contributed by atoms with Gasteiger partial charge in [0, 0.05) is 23.7 Å². The molecule has 2 amide bonds. The van der Waals surface area contributed by atoms with Gasteiger partial charge in [-0.05, 0) is 48.5 Å². The molecule has 0 bridgehead atoms. The lowest BCUT2D eigenvalue weighted by Crippen LogP contribution is -2.15. The van der Waals surface area contributed by atoms with Gasteiger partial charge in [-0.1, -0.05) is 11.8 Å². The number of nitrogens with zero attached hydrogens (tertiary/aromatic N) is 1. The molecule has 0 spiro atoms. The molecule has 0 fully saturated rings. The molecule has 1 aliphatic heterocycles. The molecule has 8 nitrogen and oxygen atoms in total. The van der Waals surface area contributed by atoms with E-state index in [9.17, 15) is 9.59 Å². The Balaban J connectivity index is 1.55. The van der Waals surface area contributed by atoms with Gasteiger partial charge in [-0.15, -0.1) is 0 Å². The van der Waals surface area contributed by atoms with Crippen molar-refractivity contribution in [2.24, 2.45) is 0 Å². The van der Waals surface area contributed by atoms with E-state index < -0.39 is 0 Å². The van der Waals surface area contributed by atoms with Crippen LogP contribution < -0.4 is 24.8 Å². The zero-order valence-corrected chi connectivity index (χ0v) is 18.3. The van der Waals surface area contributed by atoms with Gasteiger partial charge in [-0.2, -0.15) is 0 Å². The Kier molecular flexibility index (Phi) is 6.46. The fraction of sp³-hybridized carbons (Fsp3) is 0.174. The molecule has 3 aromatic rings. The molecule has 4 rings (SSSR count). The van der Waals surface area contributed by atoms with Crippen LogP contribution in [0.3, 0.4) is 0 Å². The minimum absolute atomic E-state index is 0.239. The minimum atomic E-state index is -0.322. The molecule has 9 heteroatoms. The van der Waals surface area contributed by atoms with Gasteiger partial charge in [0.1, 0.15) is 24.0 Å². The molecule has 0 aliphatic carbocycles. The van der Waals surface area contributed by atoms with Crippen LogP contribution in [-0.2, 0) is 4.79 Å². The minimum Gasteiger partial charge on any atom is -0.495 e. The van der Waals surface area contributed by atoms with Crippen LogP contribution in [0.4, 0.5) is 11.4 Å². The third kappa shape index (κ3) is 4.94. The first-order chi connectivity index (χ1) is 15.5. The third-order valence-corrected chi connectivity index (χ3v) is 5.52. The standard InChI is InChI=1S/C23H21N3O5S/c1-14(27)25-18-12-15(5-7-19(18)29-2)26-22(28)17-4-3-9-24-23(17)32-16-6-8-20-21(13-16)31-11-10-30-20/h3-9,12-13H,10-11H2,1-2H3,(H,25,27)(H,26,28). The highest BCUT2D eigenvalue weighted by atomic mass is 32.2. The van der Waals surface area contributed by atoms with E-state index in [1.165, 1.54) is 25.8 Å². The summed E-state index contributed by atoms with van der Waals surface area (Å²) < 4.78 is 16.5. The number of carbonyl (C=O) groups is 2. The lowest BCUT2D eigenvalue weighted by atomic mass is 10.2. The van der Waals surface area contributed by atoms with E-state index >= 15 is 0 Å². The largest absolute Gasteiger partial charge is 0.495 e. The molecule has 1 aliphatic rings. The molecule has 0 saturated heterocycles. The van der Waals surface area contributed by atoms with Crippen LogP contribution in [0.15, 0.2) is 64.6 Å². The fourth-order valence-corrected chi connectivity index (χ4v) is 4.02. The summed E-state index contributed by atoms with van der Waals surface area (Å²) in [5, 5.41) is 6.10. The fourth-order valence-electron chi connectivity index (χ4n) is 3.12. The van der Waals surface area contributed by atoms with Gasteiger partial charge in [0.15, 0.2) is 11.5 Å². The highest BCUT2D eigenvalue weighted by Crippen LogP contribution is 2.37. The molecule has 2 N–H and O–H groups in total. The number of nitrogens with one attached hydrogen (secondary N) is 2. The number of benzene rings is 2. The predicted octanol–water partition coefficient (Wildman–Crippen LogP) is 4.22. The van der Waals surface area contributed by atoms with E-state index in [-0.39, 0.29) is 11.8 Å². The van der Waals surface area contributed by atoms with Crippen LogP contribution in [0.2, 0.25) is 0 Å². The van der Waals surface area contributed by atoms with E-state index in [1.54, 1.807) is 36.5 Å². The Hall–Kier alpha value is -3.72. The second kappa shape index (κ2) is 9.61. The number of rotatable bonds is 6. The summed E-state index contributed by atoms with van der Waals surface area (Å²) >= 11 is 1.36. The lowest BCUT2D eigenvalue weighted by Gasteiger charge is -2.18. The van der Waals surface area contributed by atoms with Crippen LogP contribution in [0.5, 0.6) is 17.2 Å². The van der Waals surface area contributed by atoms with Crippen molar-refractivity contribution < 1.29 is 23.8 Å². The number of ether oxygens (including phenoxy) is 3. The molecule has 2 aromatic carbocycles. The second-order valence-electron chi connectivity index (χ2n) is 6.81. The van der Waals surface area contributed by atoms with E-state index in [1.807, 2.05) is 18.2 Å². The van der Waals surface area contributed by atoms with Crippen LogP contribution in [-0.4, -0.2) is 37.1 Å². The van der Waals surface area contributed by atoms with E-state index in [2.05, 4.69) is 15.6 Å². The van der Waals surface area contributed by atoms with E-state index in [0.29, 0.717) is 52.4 Å². The second-order valence-corrected chi connectivity index (χ2v) is 7.88. The molecule has 1 aromatic heterocycles. The Labute approximate surface area is 189 Å². The third-order valence-electron chi connectivity index (χ3n) is 4.51. The molecule has 0 atom stereocenters. The van der Waals surface area contributed by atoms with E-state index in [4.69, 9.17) is 14.2 Å². The normalized spacial score (nSPS) is 12.1. The maximum Gasteiger partial charge on any atom is 0.258 e. The maximum absolute atomic E-state index is 13.0. The van der Waals surface area contributed by atoms with Gasteiger partial charge >= 0.3 is 0 Å². The molecule has 164 valence electrons. The van der Waals surface area contributed by atoms with Crippen LogP contribution >= 0.6 is 11.8 Å². The van der Waals surface area contributed by atoms with Crippen molar-refractivity contribution in [3.8, 4) is 17.2 Å². The summed E-state index contributed by atoms with van der Waals surface area (Å²) in [6, 6.07) is 14.1. The average Bonchev–Trinajstić information content (AvgIpc) is 2.79. The molecule has 32 heavy (non-hydrogen) atoms. The summed E-state index contributed by atoms with van der Waals surface area (Å²) in [5.41, 5.74) is 1.40. The highest BCUT2D eigenvalue weighted by molar-refractivity contribution is 7.99. The highest BCUT2D eigenvalue weighted by Gasteiger charge is 2.17. The Bertz CT molecular complexity index is 1170. The Morgan fingerprint density at radius 2 is 1.84 bits per heavy atom. The predicted molar refractivity (Wildman–Crippen MR) is 121 cm³/mol. The van der Waals surface area contributed by atoms with Crippen LogP contribution in [0.1, 0.15) is 17.3 Å². The Morgan fingerprint density at radius 1 is 1.03 bits per heavy atom. The smallest absolute Gasteiger partial charge is 0.258 e.